The Bertz CT molecular complexity index is 560. The average Bonchev–Trinajstić information content (AvgIpc) is 2.97. The second-order valence-corrected chi connectivity index (χ2v) is 5.79. The molecule has 0 saturated carbocycles. The van der Waals surface area contributed by atoms with E-state index in [0.717, 1.165) is 17.1 Å². The van der Waals surface area contributed by atoms with E-state index in [1.807, 2.05) is 36.0 Å². The zero-order chi connectivity index (χ0) is 12.5. The van der Waals surface area contributed by atoms with Crippen LogP contribution in [0.15, 0.2) is 28.8 Å². The van der Waals surface area contributed by atoms with Crippen LogP contribution in [0.5, 0.6) is 0 Å². The van der Waals surface area contributed by atoms with Crippen molar-refractivity contribution in [2.45, 2.75) is 12.0 Å². The molecule has 2 N–H and O–H groups in total. The highest BCUT2D eigenvalue weighted by Gasteiger charge is 2.30. The van der Waals surface area contributed by atoms with Crippen molar-refractivity contribution >= 4 is 23.4 Å². The lowest BCUT2D eigenvalue weighted by atomic mass is 10.1. The first-order chi connectivity index (χ1) is 8.74. The second-order valence-electron chi connectivity index (χ2n) is 4.27. The molecule has 1 aromatic carbocycles. The third kappa shape index (κ3) is 2.25. The van der Waals surface area contributed by atoms with E-state index in [1.165, 1.54) is 0 Å². The molecule has 2 aromatic rings. The molecule has 4 nitrogen and oxygen atoms in total. The molecular weight excluding hydrogens is 270 g/mol. The van der Waals surface area contributed by atoms with E-state index in [4.69, 9.17) is 21.9 Å². The van der Waals surface area contributed by atoms with Gasteiger partial charge in [0, 0.05) is 28.1 Å². The number of hydrogen-bond acceptors (Lipinski definition) is 5. The lowest BCUT2D eigenvalue weighted by molar-refractivity contribution is 0.352. The van der Waals surface area contributed by atoms with E-state index in [1.54, 1.807) is 0 Å². The van der Waals surface area contributed by atoms with E-state index in [2.05, 4.69) is 10.1 Å². The van der Waals surface area contributed by atoms with Gasteiger partial charge in [0.05, 0.1) is 5.92 Å². The molecule has 0 bridgehead atoms. The second kappa shape index (κ2) is 4.91. The highest BCUT2D eigenvalue weighted by molar-refractivity contribution is 7.99. The van der Waals surface area contributed by atoms with Crippen molar-refractivity contribution in [1.82, 2.24) is 10.1 Å². The maximum absolute atomic E-state index is 6.01. The number of hydrogen-bond donors (Lipinski definition) is 1. The SMILES string of the molecule is NC1CSCC1c1nc(-c2cccc(Cl)c2)no1. The number of thioether (sulfide) groups is 1. The van der Waals surface area contributed by atoms with Gasteiger partial charge in [-0.15, -0.1) is 0 Å². The van der Waals surface area contributed by atoms with Crippen LogP contribution in [0.4, 0.5) is 0 Å². The molecule has 2 atom stereocenters. The number of aromatic nitrogens is 2. The van der Waals surface area contributed by atoms with Gasteiger partial charge in [-0.1, -0.05) is 28.9 Å². The molecule has 94 valence electrons. The van der Waals surface area contributed by atoms with Crippen molar-refractivity contribution in [2.75, 3.05) is 11.5 Å². The minimum atomic E-state index is 0.0997. The largest absolute Gasteiger partial charge is 0.339 e. The topological polar surface area (TPSA) is 64.9 Å². The van der Waals surface area contributed by atoms with Crippen molar-refractivity contribution < 1.29 is 4.52 Å². The Balaban J connectivity index is 1.89. The molecule has 1 saturated heterocycles. The van der Waals surface area contributed by atoms with Gasteiger partial charge in [0.1, 0.15) is 0 Å². The molecule has 1 aliphatic heterocycles. The quantitative estimate of drug-likeness (QED) is 0.916. The summed E-state index contributed by atoms with van der Waals surface area (Å²) >= 11 is 7.76. The Kier molecular flexibility index (Phi) is 3.28. The van der Waals surface area contributed by atoms with Gasteiger partial charge >= 0.3 is 0 Å². The third-order valence-corrected chi connectivity index (χ3v) is 4.42. The first-order valence-electron chi connectivity index (χ1n) is 5.67. The van der Waals surface area contributed by atoms with Crippen molar-refractivity contribution in [1.29, 1.82) is 0 Å². The molecule has 18 heavy (non-hydrogen) atoms. The monoisotopic (exact) mass is 281 g/mol. The molecule has 0 radical (unpaired) electrons. The molecule has 3 rings (SSSR count). The van der Waals surface area contributed by atoms with Gasteiger partial charge in [-0.05, 0) is 12.1 Å². The highest BCUT2D eigenvalue weighted by Crippen LogP contribution is 2.31. The summed E-state index contributed by atoms with van der Waals surface area (Å²) in [5, 5.41) is 4.66. The van der Waals surface area contributed by atoms with Crippen LogP contribution in [0, 0.1) is 0 Å². The van der Waals surface area contributed by atoms with Gasteiger partial charge in [0.15, 0.2) is 0 Å². The standard InChI is InChI=1S/C12H12ClN3OS/c13-8-3-1-2-7(4-8)11-15-12(17-16-11)9-5-18-6-10(9)14/h1-4,9-10H,5-6,14H2. The van der Waals surface area contributed by atoms with Crippen molar-refractivity contribution in [2.24, 2.45) is 5.73 Å². The van der Waals surface area contributed by atoms with Crippen LogP contribution < -0.4 is 5.73 Å². The molecule has 0 amide bonds. The first-order valence-corrected chi connectivity index (χ1v) is 7.20. The van der Waals surface area contributed by atoms with Crippen molar-refractivity contribution in [3.8, 4) is 11.4 Å². The van der Waals surface area contributed by atoms with Crippen LogP contribution in [-0.4, -0.2) is 27.7 Å². The zero-order valence-electron chi connectivity index (χ0n) is 9.54. The number of nitrogens with two attached hydrogens (primary N) is 1. The Labute approximate surface area is 114 Å². The Morgan fingerprint density at radius 1 is 1.39 bits per heavy atom. The summed E-state index contributed by atoms with van der Waals surface area (Å²) in [6.07, 6.45) is 0. The van der Waals surface area contributed by atoms with Crippen LogP contribution in [0.1, 0.15) is 11.8 Å². The Morgan fingerprint density at radius 2 is 2.28 bits per heavy atom. The van der Waals surface area contributed by atoms with Crippen molar-refractivity contribution in [3.63, 3.8) is 0 Å². The minimum Gasteiger partial charge on any atom is -0.339 e. The van der Waals surface area contributed by atoms with E-state index in [0.29, 0.717) is 16.7 Å². The zero-order valence-corrected chi connectivity index (χ0v) is 11.1. The maximum Gasteiger partial charge on any atom is 0.232 e. The number of halogens is 1. The summed E-state index contributed by atoms with van der Waals surface area (Å²) in [6, 6.07) is 7.51. The van der Waals surface area contributed by atoms with Crippen LogP contribution in [0.2, 0.25) is 5.02 Å². The van der Waals surface area contributed by atoms with Gasteiger partial charge in [-0.25, -0.2) is 0 Å². The maximum atomic E-state index is 6.01. The summed E-state index contributed by atoms with van der Waals surface area (Å²) < 4.78 is 5.32. The normalized spacial score (nSPS) is 23.4. The molecule has 0 spiro atoms. The fraction of sp³-hybridized carbons (Fsp3) is 0.333. The lowest BCUT2D eigenvalue weighted by Gasteiger charge is -2.07. The molecule has 6 heteroatoms. The van der Waals surface area contributed by atoms with Gasteiger partial charge in [0.2, 0.25) is 11.7 Å². The molecular formula is C12H12ClN3OS. The highest BCUT2D eigenvalue weighted by atomic mass is 35.5. The van der Waals surface area contributed by atoms with Crippen LogP contribution in [-0.2, 0) is 0 Å². The fourth-order valence-electron chi connectivity index (χ4n) is 1.96. The van der Waals surface area contributed by atoms with E-state index in [9.17, 15) is 0 Å². The van der Waals surface area contributed by atoms with Gasteiger partial charge in [-0.3, -0.25) is 0 Å². The van der Waals surface area contributed by atoms with Crippen molar-refractivity contribution in [3.05, 3.63) is 35.2 Å². The third-order valence-electron chi connectivity index (χ3n) is 2.97. The Hall–Kier alpha value is -1.04. The molecule has 2 unspecified atom stereocenters. The number of nitrogens with zero attached hydrogens (tertiary/aromatic N) is 2. The van der Waals surface area contributed by atoms with Gasteiger partial charge < -0.3 is 10.3 Å². The van der Waals surface area contributed by atoms with E-state index in [-0.39, 0.29) is 12.0 Å². The molecule has 2 heterocycles. The van der Waals surface area contributed by atoms with E-state index >= 15 is 0 Å². The molecule has 0 aliphatic carbocycles. The first kappa shape index (κ1) is 12.0. The van der Waals surface area contributed by atoms with Crippen LogP contribution in [0.25, 0.3) is 11.4 Å². The summed E-state index contributed by atoms with van der Waals surface area (Å²) in [4.78, 5) is 4.42. The van der Waals surface area contributed by atoms with Crippen LogP contribution >= 0.6 is 23.4 Å². The van der Waals surface area contributed by atoms with E-state index < -0.39 is 0 Å². The summed E-state index contributed by atoms with van der Waals surface area (Å²) in [5.41, 5.74) is 6.87. The molecule has 1 aliphatic rings. The van der Waals surface area contributed by atoms with Gasteiger partial charge in [0.25, 0.3) is 0 Å². The summed E-state index contributed by atoms with van der Waals surface area (Å²) in [7, 11) is 0. The fourth-order valence-corrected chi connectivity index (χ4v) is 3.43. The predicted molar refractivity (Wildman–Crippen MR) is 72.8 cm³/mol. The molecule has 1 fully saturated rings. The Morgan fingerprint density at radius 3 is 3.00 bits per heavy atom. The number of rotatable bonds is 2. The summed E-state index contributed by atoms with van der Waals surface area (Å²) in [6.45, 7) is 0. The summed E-state index contributed by atoms with van der Waals surface area (Å²) in [5.74, 6) is 3.24. The predicted octanol–water partition coefficient (Wildman–Crippen LogP) is 2.55. The minimum absolute atomic E-state index is 0.0997. The lowest BCUT2D eigenvalue weighted by Crippen LogP contribution is -2.26. The van der Waals surface area contributed by atoms with Gasteiger partial charge in [-0.2, -0.15) is 16.7 Å². The smallest absolute Gasteiger partial charge is 0.232 e. The number of benzene rings is 1. The molecule has 1 aromatic heterocycles. The van der Waals surface area contributed by atoms with Crippen LogP contribution in [0.3, 0.4) is 0 Å². The average molecular weight is 282 g/mol.